The molecule has 2 aromatic heterocycles. The predicted octanol–water partition coefficient (Wildman–Crippen LogP) is 10.7. The van der Waals surface area contributed by atoms with Crippen molar-refractivity contribution in [2.45, 2.75) is 0 Å². The van der Waals surface area contributed by atoms with Gasteiger partial charge in [-0.25, -0.2) is 4.98 Å². The highest BCUT2D eigenvalue weighted by Gasteiger charge is 2.15. The summed E-state index contributed by atoms with van der Waals surface area (Å²) in [6, 6.07) is 50.3. The summed E-state index contributed by atoms with van der Waals surface area (Å²) in [7, 11) is 0. The maximum absolute atomic E-state index is 5.21. The van der Waals surface area contributed by atoms with Gasteiger partial charge in [0.05, 0.1) is 16.7 Å². The Hall–Kier alpha value is -5.60. The molecule has 0 aliphatic rings. The molecule has 9 aromatic rings. The number of nitrogens with zero attached hydrogens (tertiary/aromatic N) is 2. The van der Waals surface area contributed by atoms with E-state index in [9.17, 15) is 0 Å². The Morgan fingerprint density at radius 3 is 1.88 bits per heavy atom. The Morgan fingerprint density at radius 1 is 0.381 bits per heavy atom. The Kier molecular flexibility index (Phi) is 4.93. The van der Waals surface area contributed by atoms with E-state index in [0.717, 1.165) is 33.1 Å². The predicted molar refractivity (Wildman–Crippen MR) is 177 cm³/mol. The summed E-state index contributed by atoms with van der Waals surface area (Å²) in [6.07, 6.45) is 1.85. The van der Waals surface area contributed by atoms with Gasteiger partial charge in [0, 0.05) is 22.5 Å². The zero-order valence-corrected chi connectivity index (χ0v) is 22.8. The van der Waals surface area contributed by atoms with Crippen molar-refractivity contribution in [1.29, 1.82) is 0 Å². The second-order valence-electron chi connectivity index (χ2n) is 11.0. The van der Waals surface area contributed by atoms with Crippen molar-refractivity contribution in [1.82, 2.24) is 9.97 Å². The van der Waals surface area contributed by atoms with Gasteiger partial charge < -0.3 is 0 Å². The molecule has 7 aromatic carbocycles. The Labute approximate surface area is 242 Å². The molecule has 2 heteroatoms. The molecule has 2 nitrogen and oxygen atoms in total. The van der Waals surface area contributed by atoms with E-state index in [4.69, 9.17) is 4.98 Å². The lowest BCUT2D eigenvalue weighted by Crippen LogP contribution is -1.92. The van der Waals surface area contributed by atoms with Crippen LogP contribution in [0.2, 0.25) is 0 Å². The van der Waals surface area contributed by atoms with E-state index < -0.39 is 0 Å². The maximum Gasteiger partial charge on any atom is 0.0972 e. The fourth-order valence-electron chi connectivity index (χ4n) is 6.60. The zero-order chi connectivity index (χ0) is 27.6. The average Bonchev–Trinajstić information content (AvgIpc) is 3.07. The molecule has 2 heterocycles. The minimum atomic E-state index is 0.931. The highest BCUT2D eigenvalue weighted by atomic mass is 14.7. The number of hydrogen-bond donors (Lipinski definition) is 0. The summed E-state index contributed by atoms with van der Waals surface area (Å²) in [5.74, 6) is 0. The van der Waals surface area contributed by atoms with Crippen molar-refractivity contribution in [3.63, 3.8) is 0 Å². The molecule has 0 unspecified atom stereocenters. The van der Waals surface area contributed by atoms with Crippen LogP contribution in [0.1, 0.15) is 0 Å². The van der Waals surface area contributed by atoms with Gasteiger partial charge in [-0.2, -0.15) is 0 Å². The summed E-state index contributed by atoms with van der Waals surface area (Å²) in [5.41, 5.74) is 8.67. The van der Waals surface area contributed by atoms with E-state index in [1.807, 2.05) is 12.3 Å². The molecule has 0 saturated heterocycles. The van der Waals surface area contributed by atoms with E-state index in [2.05, 4.69) is 138 Å². The lowest BCUT2D eigenvalue weighted by Gasteiger charge is -2.16. The van der Waals surface area contributed by atoms with Crippen LogP contribution in [0.4, 0.5) is 0 Å². The summed E-state index contributed by atoms with van der Waals surface area (Å²) in [4.78, 5) is 9.90. The normalized spacial score (nSPS) is 11.8. The molecular weight excluding hydrogens is 508 g/mol. The van der Waals surface area contributed by atoms with Gasteiger partial charge in [0.1, 0.15) is 0 Å². The first-order valence-corrected chi connectivity index (χ1v) is 14.3. The fraction of sp³-hybridized carbons (Fsp3) is 0. The molecule has 0 saturated carbocycles. The minimum absolute atomic E-state index is 0.931. The molecule has 0 bridgehead atoms. The van der Waals surface area contributed by atoms with Gasteiger partial charge in [-0.1, -0.05) is 109 Å². The number of fused-ring (bicyclic) bond motifs is 3. The van der Waals surface area contributed by atoms with Crippen LogP contribution in [0.15, 0.2) is 146 Å². The minimum Gasteiger partial charge on any atom is -0.254 e. The van der Waals surface area contributed by atoms with E-state index in [1.54, 1.807) is 0 Å². The van der Waals surface area contributed by atoms with Gasteiger partial charge in [0.2, 0.25) is 0 Å². The molecule has 0 aliphatic heterocycles. The zero-order valence-electron chi connectivity index (χ0n) is 22.8. The maximum atomic E-state index is 5.21. The molecule has 9 rings (SSSR count). The second kappa shape index (κ2) is 8.95. The summed E-state index contributed by atoms with van der Waals surface area (Å²) in [5, 5.41) is 9.96. The highest BCUT2D eigenvalue weighted by Crippen LogP contribution is 2.41. The first-order valence-electron chi connectivity index (χ1n) is 14.3. The van der Waals surface area contributed by atoms with E-state index in [1.165, 1.54) is 54.6 Å². The average molecular weight is 533 g/mol. The van der Waals surface area contributed by atoms with Gasteiger partial charge in [-0.05, 0) is 84.9 Å². The third kappa shape index (κ3) is 3.52. The number of rotatable bonds is 3. The number of hydrogen-bond acceptors (Lipinski definition) is 2. The van der Waals surface area contributed by atoms with Crippen LogP contribution >= 0.6 is 0 Å². The summed E-state index contributed by atoms with van der Waals surface area (Å²) in [6.45, 7) is 0. The van der Waals surface area contributed by atoms with Gasteiger partial charge in [0.25, 0.3) is 0 Å². The lowest BCUT2D eigenvalue weighted by atomic mass is 9.88. The number of benzene rings is 7. The number of pyridine rings is 2. The lowest BCUT2D eigenvalue weighted by molar-refractivity contribution is 1.37. The molecule has 0 amide bonds. The van der Waals surface area contributed by atoms with Crippen molar-refractivity contribution in [3.05, 3.63) is 146 Å². The standard InChI is InChI=1S/C40H24N2/c1-2-6-25(7-3-1)31-22-32(34-18-15-28-12-11-26-8-4-9-27-16-19-35(34)38(28)37(26)27)24-33(23-31)36-20-17-30-14-13-29-10-5-21-41-39(29)40(30)42-36/h1-24H. The summed E-state index contributed by atoms with van der Waals surface area (Å²) < 4.78 is 0. The number of aromatic nitrogens is 2. The van der Waals surface area contributed by atoms with Crippen molar-refractivity contribution < 1.29 is 0 Å². The first-order chi connectivity index (χ1) is 20.8. The molecule has 0 radical (unpaired) electrons. The van der Waals surface area contributed by atoms with Gasteiger partial charge in [-0.3, -0.25) is 4.98 Å². The van der Waals surface area contributed by atoms with Crippen LogP contribution in [0, 0.1) is 0 Å². The molecular formula is C40H24N2. The van der Waals surface area contributed by atoms with Crippen LogP contribution in [0.3, 0.4) is 0 Å². The third-order valence-electron chi connectivity index (χ3n) is 8.61. The Morgan fingerprint density at radius 2 is 1.02 bits per heavy atom. The molecule has 0 N–H and O–H groups in total. The van der Waals surface area contributed by atoms with Crippen molar-refractivity contribution >= 4 is 54.1 Å². The van der Waals surface area contributed by atoms with Crippen LogP contribution in [-0.4, -0.2) is 9.97 Å². The van der Waals surface area contributed by atoms with Crippen molar-refractivity contribution in [2.75, 3.05) is 0 Å². The van der Waals surface area contributed by atoms with E-state index in [0.29, 0.717) is 0 Å². The molecule has 0 spiro atoms. The Bertz CT molecular complexity index is 2440. The van der Waals surface area contributed by atoms with Gasteiger partial charge in [-0.15, -0.1) is 0 Å². The fourth-order valence-corrected chi connectivity index (χ4v) is 6.60. The highest BCUT2D eigenvalue weighted by molar-refractivity contribution is 6.25. The van der Waals surface area contributed by atoms with E-state index in [-0.39, 0.29) is 0 Å². The smallest absolute Gasteiger partial charge is 0.0972 e. The summed E-state index contributed by atoms with van der Waals surface area (Å²) >= 11 is 0. The Balaban J connectivity index is 1.32. The molecule has 194 valence electrons. The van der Waals surface area contributed by atoms with Crippen molar-refractivity contribution in [3.8, 4) is 33.5 Å². The molecule has 42 heavy (non-hydrogen) atoms. The van der Waals surface area contributed by atoms with E-state index >= 15 is 0 Å². The topological polar surface area (TPSA) is 25.8 Å². The monoisotopic (exact) mass is 532 g/mol. The first kappa shape index (κ1) is 23.1. The molecule has 0 atom stereocenters. The van der Waals surface area contributed by atoms with Gasteiger partial charge in [0.15, 0.2) is 0 Å². The second-order valence-corrected chi connectivity index (χ2v) is 11.0. The molecule has 0 fully saturated rings. The van der Waals surface area contributed by atoms with Crippen LogP contribution < -0.4 is 0 Å². The van der Waals surface area contributed by atoms with Crippen molar-refractivity contribution in [2.24, 2.45) is 0 Å². The quantitative estimate of drug-likeness (QED) is 0.212. The SMILES string of the molecule is c1ccc(-c2cc(-c3ccc4ccc5cccnc5c4n3)cc(-c3ccc4ccc5cccc6ccc3c4c56)c2)cc1. The van der Waals surface area contributed by atoms with Crippen LogP contribution in [-0.2, 0) is 0 Å². The van der Waals surface area contributed by atoms with Crippen LogP contribution in [0.5, 0.6) is 0 Å². The largest absolute Gasteiger partial charge is 0.254 e. The molecule has 0 aliphatic carbocycles. The third-order valence-corrected chi connectivity index (χ3v) is 8.61. The van der Waals surface area contributed by atoms with Gasteiger partial charge >= 0.3 is 0 Å². The van der Waals surface area contributed by atoms with Crippen LogP contribution in [0.25, 0.3) is 87.6 Å².